The van der Waals surface area contributed by atoms with Crippen molar-refractivity contribution < 1.29 is 9.53 Å². The van der Waals surface area contributed by atoms with Crippen molar-refractivity contribution in [2.45, 2.75) is 31.7 Å². The molecule has 0 spiro atoms. The van der Waals surface area contributed by atoms with Gasteiger partial charge < -0.3 is 10.1 Å². The molecule has 0 atom stereocenters. The zero-order valence-corrected chi connectivity index (χ0v) is 8.08. The molecule has 0 saturated heterocycles. The first kappa shape index (κ1) is 10.3. The van der Waals surface area contributed by atoms with Crippen LogP contribution in [0.4, 0.5) is 0 Å². The van der Waals surface area contributed by atoms with Crippen LogP contribution in [0.3, 0.4) is 0 Å². The number of nitrogens with one attached hydrogen (secondary N) is 1. The highest BCUT2D eigenvalue weighted by molar-refractivity contribution is 5.81. The molecule has 1 aliphatic carbocycles. The molecule has 1 rings (SSSR count). The van der Waals surface area contributed by atoms with E-state index in [4.69, 9.17) is 0 Å². The summed E-state index contributed by atoms with van der Waals surface area (Å²) in [6.07, 6.45) is 8.47. The van der Waals surface area contributed by atoms with Crippen LogP contribution in [0.15, 0.2) is 12.2 Å². The summed E-state index contributed by atoms with van der Waals surface area (Å²) in [6.45, 7) is 0.764. The average Bonchev–Trinajstić information content (AvgIpc) is 2.64. The van der Waals surface area contributed by atoms with Crippen molar-refractivity contribution in [3.05, 3.63) is 12.2 Å². The Morgan fingerprint density at radius 1 is 1.54 bits per heavy atom. The minimum Gasteiger partial charge on any atom is -0.466 e. The van der Waals surface area contributed by atoms with Crippen LogP contribution < -0.4 is 5.32 Å². The smallest absolute Gasteiger partial charge is 0.330 e. The number of hydrogen-bond acceptors (Lipinski definition) is 3. The number of ether oxygens (including phenoxy) is 1. The van der Waals surface area contributed by atoms with Gasteiger partial charge >= 0.3 is 5.97 Å². The highest BCUT2D eigenvalue weighted by Gasteiger charge is 2.12. The zero-order valence-electron chi connectivity index (χ0n) is 8.08. The molecule has 3 heteroatoms. The lowest BCUT2D eigenvalue weighted by atomic mass is 10.2. The number of methoxy groups -OCH3 is 1. The molecular weight excluding hydrogens is 166 g/mol. The number of hydrogen-bond donors (Lipinski definition) is 1. The third-order valence-corrected chi connectivity index (χ3v) is 2.33. The summed E-state index contributed by atoms with van der Waals surface area (Å²) in [5.41, 5.74) is 0. The van der Waals surface area contributed by atoms with Gasteiger partial charge in [-0.2, -0.15) is 0 Å². The van der Waals surface area contributed by atoms with Gasteiger partial charge in [-0.05, 0) is 12.8 Å². The van der Waals surface area contributed by atoms with Crippen molar-refractivity contribution in [2.24, 2.45) is 0 Å². The quantitative estimate of drug-likeness (QED) is 0.526. The van der Waals surface area contributed by atoms with E-state index in [9.17, 15) is 4.79 Å². The van der Waals surface area contributed by atoms with Crippen LogP contribution in [0.2, 0.25) is 0 Å². The maximum absolute atomic E-state index is 10.7. The van der Waals surface area contributed by atoms with Crippen LogP contribution in [0.25, 0.3) is 0 Å². The lowest BCUT2D eigenvalue weighted by molar-refractivity contribution is -0.134. The second kappa shape index (κ2) is 5.75. The van der Waals surface area contributed by atoms with Crippen LogP contribution in [0.5, 0.6) is 0 Å². The van der Waals surface area contributed by atoms with E-state index in [-0.39, 0.29) is 5.97 Å². The van der Waals surface area contributed by atoms with Crippen molar-refractivity contribution in [1.29, 1.82) is 0 Å². The molecule has 13 heavy (non-hydrogen) atoms. The molecule has 0 aromatic rings. The topological polar surface area (TPSA) is 38.3 Å². The van der Waals surface area contributed by atoms with Gasteiger partial charge in [0.1, 0.15) is 0 Å². The first-order chi connectivity index (χ1) is 6.33. The molecule has 1 aliphatic rings. The van der Waals surface area contributed by atoms with Crippen LogP contribution in [0, 0.1) is 0 Å². The molecule has 74 valence electrons. The van der Waals surface area contributed by atoms with Crippen LogP contribution in [-0.4, -0.2) is 25.7 Å². The lowest BCUT2D eigenvalue weighted by Crippen LogP contribution is -2.25. The summed E-state index contributed by atoms with van der Waals surface area (Å²) in [5.74, 6) is -0.284. The maximum atomic E-state index is 10.7. The summed E-state index contributed by atoms with van der Waals surface area (Å²) < 4.78 is 4.47. The van der Waals surface area contributed by atoms with E-state index in [2.05, 4.69) is 10.1 Å². The number of esters is 1. The van der Waals surface area contributed by atoms with Crippen LogP contribution in [-0.2, 0) is 9.53 Å². The monoisotopic (exact) mass is 183 g/mol. The lowest BCUT2D eigenvalue weighted by Gasteiger charge is -2.08. The molecule has 1 saturated carbocycles. The number of carbonyl (C=O) groups is 1. The van der Waals surface area contributed by atoms with Gasteiger partial charge in [0.2, 0.25) is 0 Å². The summed E-state index contributed by atoms with van der Waals surface area (Å²) >= 11 is 0. The largest absolute Gasteiger partial charge is 0.466 e. The molecule has 0 heterocycles. The van der Waals surface area contributed by atoms with Gasteiger partial charge in [0.05, 0.1) is 7.11 Å². The zero-order chi connectivity index (χ0) is 9.52. The van der Waals surface area contributed by atoms with E-state index in [0.29, 0.717) is 6.04 Å². The Bertz CT molecular complexity index is 183. The Balaban J connectivity index is 2.05. The second-order valence-electron chi connectivity index (χ2n) is 3.32. The van der Waals surface area contributed by atoms with E-state index in [1.165, 1.54) is 38.9 Å². The first-order valence-corrected chi connectivity index (χ1v) is 4.81. The summed E-state index contributed by atoms with van der Waals surface area (Å²) in [4.78, 5) is 10.7. The van der Waals surface area contributed by atoms with Gasteiger partial charge in [-0.25, -0.2) is 4.79 Å². The fourth-order valence-corrected chi connectivity index (χ4v) is 1.59. The van der Waals surface area contributed by atoms with Gasteiger partial charge in [-0.1, -0.05) is 18.9 Å². The number of rotatable bonds is 4. The van der Waals surface area contributed by atoms with E-state index >= 15 is 0 Å². The van der Waals surface area contributed by atoms with Gasteiger partial charge in [0.15, 0.2) is 0 Å². The van der Waals surface area contributed by atoms with Crippen molar-refractivity contribution in [3.8, 4) is 0 Å². The predicted molar refractivity (Wildman–Crippen MR) is 51.4 cm³/mol. The minimum atomic E-state index is -0.284. The molecule has 0 aliphatic heterocycles. The number of carbonyl (C=O) groups excluding carboxylic acids is 1. The first-order valence-electron chi connectivity index (χ1n) is 4.81. The Kier molecular flexibility index (Phi) is 4.54. The standard InChI is InChI=1S/C10H17NO2/c1-13-10(12)7-4-8-11-9-5-2-3-6-9/h4,7,9,11H,2-3,5-6,8H2,1H3/b7-4+. The highest BCUT2D eigenvalue weighted by Crippen LogP contribution is 2.17. The predicted octanol–water partition coefficient (Wildman–Crippen LogP) is 1.25. The van der Waals surface area contributed by atoms with Crippen molar-refractivity contribution in [3.63, 3.8) is 0 Å². The highest BCUT2D eigenvalue weighted by atomic mass is 16.5. The molecule has 0 aromatic heterocycles. The van der Waals surface area contributed by atoms with Crippen LogP contribution in [0.1, 0.15) is 25.7 Å². The SMILES string of the molecule is COC(=O)/C=C/CNC1CCCC1. The van der Waals surface area contributed by atoms with E-state index < -0.39 is 0 Å². The van der Waals surface area contributed by atoms with E-state index in [1.54, 1.807) is 0 Å². The van der Waals surface area contributed by atoms with Gasteiger partial charge in [0, 0.05) is 18.7 Å². The minimum absolute atomic E-state index is 0.284. The third kappa shape index (κ3) is 4.08. The maximum Gasteiger partial charge on any atom is 0.330 e. The van der Waals surface area contributed by atoms with Gasteiger partial charge in [0.25, 0.3) is 0 Å². The average molecular weight is 183 g/mol. The Labute approximate surface area is 79.2 Å². The normalized spacial score (nSPS) is 18.2. The van der Waals surface area contributed by atoms with Crippen molar-refractivity contribution in [1.82, 2.24) is 5.32 Å². The van der Waals surface area contributed by atoms with Crippen molar-refractivity contribution >= 4 is 5.97 Å². The van der Waals surface area contributed by atoms with Gasteiger partial charge in [-0.3, -0.25) is 0 Å². The Morgan fingerprint density at radius 2 is 2.23 bits per heavy atom. The Hall–Kier alpha value is -0.830. The molecular formula is C10H17NO2. The molecule has 0 radical (unpaired) electrons. The fourth-order valence-electron chi connectivity index (χ4n) is 1.59. The second-order valence-corrected chi connectivity index (χ2v) is 3.32. The molecule has 0 unspecified atom stereocenters. The molecule has 0 aromatic carbocycles. The fraction of sp³-hybridized carbons (Fsp3) is 0.700. The molecule has 0 amide bonds. The third-order valence-electron chi connectivity index (χ3n) is 2.33. The summed E-state index contributed by atoms with van der Waals surface area (Å²) in [7, 11) is 1.39. The van der Waals surface area contributed by atoms with Gasteiger partial charge in [-0.15, -0.1) is 0 Å². The summed E-state index contributed by atoms with van der Waals surface area (Å²) in [6, 6.07) is 0.655. The van der Waals surface area contributed by atoms with E-state index in [0.717, 1.165) is 6.54 Å². The molecule has 3 nitrogen and oxygen atoms in total. The van der Waals surface area contributed by atoms with Crippen molar-refractivity contribution in [2.75, 3.05) is 13.7 Å². The molecule has 1 fully saturated rings. The Morgan fingerprint density at radius 3 is 2.85 bits per heavy atom. The van der Waals surface area contributed by atoms with E-state index in [1.807, 2.05) is 6.08 Å². The molecule has 1 N–H and O–H groups in total. The van der Waals surface area contributed by atoms with Crippen LogP contribution >= 0.6 is 0 Å². The molecule has 0 bridgehead atoms. The summed E-state index contributed by atoms with van der Waals surface area (Å²) in [5, 5.41) is 3.37.